The Bertz CT molecular complexity index is 711. The fraction of sp³-hybridized carbons (Fsp3) is 0.118. The molecule has 0 aliphatic heterocycles. The Morgan fingerprint density at radius 1 is 1.00 bits per heavy atom. The van der Waals surface area contributed by atoms with Crippen molar-refractivity contribution in [1.82, 2.24) is 4.98 Å². The van der Waals surface area contributed by atoms with Crippen molar-refractivity contribution in [1.29, 1.82) is 0 Å². The van der Waals surface area contributed by atoms with Crippen LogP contribution in [0, 0.1) is 0 Å². The van der Waals surface area contributed by atoms with E-state index in [2.05, 4.69) is 40.6 Å². The van der Waals surface area contributed by atoms with Gasteiger partial charge in [-0.1, -0.05) is 48.0 Å². The highest BCUT2D eigenvalue weighted by Crippen LogP contribution is 2.26. The van der Waals surface area contributed by atoms with Crippen LogP contribution >= 0.6 is 11.6 Å². The van der Waals surface area contributed by atoms with Gasteiger partial charge in [0, 0.05) is 18.1 Å². The van der Waals surface area contributed by atoms with Crippen LogP contribution < -0.4 is 5.32 Å². The predicted octanol–water partition coefficient (Wildman–Crippen LogP) is 4.54. The zero-order valence-corrected chi connectivity index (χ0v) is 11.8. The van der Waals surface area contributed by atoms with Crippen molar-refractivity contribution in [2.75, 3.05) is 11.9 Å². The van der Waals surface area contributed by atoms with Crippen LogP contribution in [0.3, 0.4) is 0 Å². The monoisotopic (exact) mass is 282 g/mol. The average molecular weight is 283 g/mol. The molecule has 0 bridgehead atoms. The zero-order chi connectivity index (χ0) is 13.8. The van der Waals surface area contributed by atoms with E-state index in [1.54, 1.807) is 6.20 Å². The molecule has 0 atom stereocenters. The first-order valence-electron chi connectivity index (χ1n) is 6.65. The molecule has 3 rings (SSSR count). The van der Waals surface area contributed by atoms with Gasteiger partial charge in [-0.25, -0.2) is 0 Å². The van der Waals surface area contributed by atoms with Crippen molar-refractivity contribution >= 4 is 28.2 Å². The van der Waals surface area contributed by atoms with E-state index in [-0.39, 0.29) is 0 Å². The van der Waals surface area contributed by atoms with E-state index in [0.29, 0.717) is 5.02 Å². The number of hydrogen-bond donors (Lipinski definition) is 1. The second-order valence-corrected chi connectivity index (χ2v) is 5.10. The number of rotatable bonds is 4. The van der Waals surface area contributed by atoms with Gasteiger partial charge >= 0.3 is 0 Å². The number of hydrogen-bond acceptors (Lipinski definition) is 2. The van der Waals surface area contributed by atoms with Crippen LogP contribution in [0.25, 0.3) is 10.9 Å². The molecule has 3 aromatic rings. The Morgan fingerprint density at radius 3 is 2.70 bits per heavy atom. The van der Waals surface area contributed by atoms with Crippen LogP contribution in [-0.4, -0.2) is 11.5 Å². The highest BCUT2D eigenvalue weighted by molar-refractivity contribution is 6.34. The average Bonchev–Trinajstić information content (AvgIpc) is 2.49. The quantitative estimate of drug-likeness (QED) is 0.760. The first kappa shape index (κ1) is 12.9. The van der Waals surface area contributed by atoms with Gasteiger partial charge in [-0.2, -0.15) is 0 Å². The van der Waals surface area contributed by atoms with Gasteiger partial charge in [-0.15, -0.1) is 0 Å². The Hall–Kier alpha value is -2.06. The number of nitrogens with one attached hydrogen (secondary N) is 1. The number of halogens is 1. The van der Waals surface area contributed by atoms with Crippen molar-refractivity contribution in [3.8, 4) is 0 Å². The van der Waals surface area contributed by atoms with Gasteiger partial charge in [0.1, 0.15) is 0 Å². The maximum atomic E-state index is 6.28. The van der Waals surface area contributed by atoms with Gasteiger partial charge in [0.15, 0.2) is 0 Å². The summed E-state index contributed by atoms with van der Waals surface area (Å²) < 4.78 is 0. The van der Waals surface area contributed by atoms with Crippen molar-refractivity contribution in [3.05, 3.63) is 71.4 Å². The fourth-order valence-corrected chi connectivity index (χ4v) is 2.44. The molecule has 0 unspecified atom stereocenters. The van der Waals surface area contributed by atoms with E-state index in [1.165, 1.54) is 5.56 Å². The van der Waals surface area contributed by atoms with Gasteiger partial charge in [-0.05, 0) is 30.2 Å². The van der Waals surface area contributed by atoms with Gasteiger partial charge in [0.05, 0.1) is 16.2 Å². The van der Waals surface area contributed by atoms with E-state index in [4.69, 9.17) is 11.6 Å². The minimum atomic E-state index is 0.712. The first-order valence-corrected chi connectivity index (χ1v) is 7.03. The zero-order valence-electron chi connectivity index (χ0n) is 11.0. The van der Waals surface area contributed by atoms with E-state index >= 15 is 0 Å². The summed E-state index contributed by atoms with van der Waals surface area (Å²) in [6.07, 6.45) is 2.75. The Morgan fingerprint density at radius 2 is 1.85 bits per heavy atom. The minimum Gasteiger partial charge on any atom is -0.383 e. The van der Waals surface area contributed by atoms with Gasteiger partial charge < -0.3 is 5.32 Å². The number of aromatic nitrogens is 1. The summed E-state index contributed by atoms with van der Waals surface area (Å²) in [7, 11) is 0. The highest BCUT2D eigenvalue weighted by Gasteiger charge is 2.03. The van der Waals surface area contributed by atoms with E-state index in [0.717, 1.165) is 29.6 Å². The Labute approximate surface area is 123 Å². The molecule has 0 saturated heterocycles. The summed E-state index contributed by atoms with van der Waals surface area (Å²) >= 11 is 6.28. The maximum Gasteiger partial charge on any atom is 0.0718 e. The molecule has 1 N–H and O–H groups in total. The first-order chi connectivity index (χ1) is 9.83. The predicted molar refractivity (Wildman–Crippen MR) is 85.4 cm³/mol. The van der Waals surface area contributed by atoms with Gasteiger partial charge in [0.25, 0.3) is 0 Å². The van der Waals surface area contributed by atoms with Gasteiger partial charge in [0.2, 0.25) is 0 Å². The normalized spacial score (nSPS) is 10.7. The Balaban J connectivity index is 1.72. The lowest BCUT2D eigenvalue weighted by Gasteiger charge is -2.09. The molecule has 2 nitrogen and oxygen atoms in total. The van der Waals surface area contributed by atoms with Gasteiger partial charge in [-0.3, -0.25) is 4.98 Å². The molecule has 0 aliphatic carbocycles. The third-order valence-corrected chi connectivity index (χ3v) is 3.58. The summed E-state index contributed by atoms with van der Waals surface area (Å²) in [4.78, 5) is 4.30. The second kappa shape index (κ2) is 5.93. The molecule has 0 saturated carbocycles. The number of nitrogens with zero attached hydrogens (tertiary/aromatic N) is 1. The SMILES string of the molecule is Clc1cc2ncccc2cc1NCCc1ccccc1. The van der Waals surface area contributed by atoms with Crippen LogP contribution in [0.15, 0.2) is 60.8 Å². The topological polar surface area (TPSA) is 24.9 Å². The lowest BCUT2D eigenvalue weighted by Crippen LogP contribution is -2.05. The van der Waals surface area contributed by atoms with Crippen LogP contribution in [0.5, 0.6) is 0 Å². The minimum absolute atomic E-state index is 0.712. The third-order valence-electron chi connectivity index (χ3n) is 3.26. The molecule has 100 valence electrons. The molecule has 0 radical (unpaired) electrons. The summed E-state index contributed by atoms with van der Waals surface area (Å²) in [5.41, 5.74) is 3.20. The molecule has 0 fully saturated rings. The molecule has 0 amide bonds. The smallest absolute Gasteiger partial charge is 0.0718 e. The molecule has 1 aromatic heterocycles. The largest absolute Gasteiger partial charge is 0.383 e. The number of benzene rings is 2. The van der Waals surface area contributed by atoms with Crippen molar-refractivity contribution in [2.45, 2.75) is 6.42 Å². The van der Waals surface area contributed by atoms with E-state index in [9.17, 15) is 0 Å². The summed E-state index contributed by atoms with van der Waals surface area (Å²) in [5.74, 6) is 0. The lowest BCUT2D eigenvalue weighted by atomic mass is 10.1. The van der Waals surface area contributed by atoms with Crippen molar-refractivity contribution in [3.63, 3.8) is 0 Å². The van der Waals surface area contributed by atoms with E-state index < -0.39 is 0 Å². The fourth-order valence-electron chi connectivity index (χ4n) is 2.22. The Kier molecular flexibility index (Phi) is 3.84. The number of anilines is 1. The standard InChI is InChI=1S/C17H15ClN2/c18-15-12-16-14(7-4-9-19-16)11-17(15)20-10-8-13-5-2-1-3-6-13/h1-7,9,11-12,20H,8,10H2. The third kappa shape index (κ3) is 2.91. The molecule has 0 aliphatic rings. The molecular weight excluding hydrogens is 268 g/mol. The van der Waals surface area contributed by atoms with Crippen LogP contribution in [0.1, 0.15) is 5.56 Å². The van der Waals surface area contributed by atoms with Crippen molar-refractivity contribution in [2.24, 2.45) is 0 Å². The molecular formula is C17H15ClN2. The number of fused-ring (bicyclic) bond motifs is 1. The maximum absolute atomic E-state index is 6.28. The molecule has 20 heavy (non-hydrogen) atoms. The molecule has 2 aromatic carbocycles. The highest BCUT2D eigenvalue weighted by atomic mass is 35.5. The van der Waals surface area contributed by atoms with Crippen molar-refractivity contribution < 1.29 is 0 Å². The van der Waals surface area contributed by atoms with Crippen LogP contribution in [-0.2, 0) is 6.42 Å². The summed E-state index contributed by atoms with van der Waals surface area (Å²) in [5, 5.41) is 5.20. The van der Waals surface area contributed by atoms with Crippen LogP contribution in [0.2, 0.25) is 5.02 Å². The van der Waals surface area contributed by atoms with Crippen LogP contribution in [0.4, 0.5) is 5.69 Å². The molecule has 3 heteroatoms. The molecule has 0 spiro atoms. The number of pyridine rings is 1. The summed E-state index contributed by atoms with van der Waals surface area (Å²) in [6.45, 7) is 0.857. The summed E-state index contributed by atoms with van der Waals surface area (Å²) in [6, 6.07) is 18.3. The lowest BCUT2D eigenvalue weighted by molar-refractivity contribution is 1.02. The molecule has 1 heterocycles. The van der Waals surface area contributed by atoms with E-state index in [1.807, 2.05) is 24.3 Å². The second-order valence-electron chi connectivity index (χ2n) is 4.69.